The number of rotatable bonds is 4. The van der Waals surface area contributed by atoms with Crippen LogP contribution in [0.4, 0.5) is 0 Å². The average molecular weight is 173 g/mol. The van der Waals surface area contributed by atoms with Gasteiger partial charge in [0.05, 0.1) is 0 Å². The summed E-state index contributed by atoms with van der Waals surface area (Å²) < 4.78 is 0. The summed E-state index contributed by atoms with van der Waals surface area (Å²) in [5, 5.41) is 0. The highest BCUT2D eigenvalue weighted by atomic mass is 15.2. The summed E-state index contributed by atoms with van der Waals surface area (Å²) in [5.41, 5.74) is 3.11. The first-order valence-corrected chi connectivity index (χ1v) is 4.48. The van der Waals surface area contributed by atoms with Crippen molar-refractivity contribution in [2.75, 3.05) is 20.6 Å². The normalized spacial score (nSPS) is 15.2. The zero-order valence-electron chi connectivity index (χ0n) is 9.02. The predicted molar refractivity (Wildman–Crippen MR) is 53.7 cm³/mol. The fourth-order valence-electron chi connectivity index (χ4n) is 1.15. The number of hydrogen-bond acceptors (Lipinski definition) is 3. The molecule has 0 saturated heterocycles. The van der Waals surface area contributed by atoms with Gasteiger partial charge in [0.1, 0.15) is 0 Å². The van der Waals surface area contributed by atoms with Crippen LogP contribution in [0.3, 0.4) is 0 Å². The van der Waals surface area contributed by atoms with E-state index in [0.717, 1.165) is 13.0 Å². The maximum Gasteiger partial charge on any atom is 0.0271 e. The van der Waals surface area contributed by atoms with Gasteiger partial charge in [0, 0.05) is 6.04 Å². The minimum atomic E-state index is 0.241. The predicted octanol–water partition coefficient (Wildman–Crippen LogP) is 0.816. The van der Waals surface area contributed by atoms with Gasteiger partial charge in [0.15, 0.2) is 0 Å². The zero-order valence-corrected chi connectivity index (χ0v) is 9.02. The first-order chi connectivity index (χ1) is 5.38. The summed E-state index contributed by atoms with van der Waals surface area (Å²) in [6.45, 7) is 7.68. The lowest BCUT2D eigenvalue weighted by Crippen LogP contribution is -2.45. The van der Waals surface area contributed by atoms with Crippen molar-refractivity contribution < 1.29 is 0 Å². The third kappa shape index (κ3) is 4.70. The highest BCUT2D eigenvalue weighted by Crippen LogP contribution is 2.20. The fourth-order valence-corrected chi connectivity index (χ4v) is 1.15. The zero-order chi connectivity index (χ0) is 9.78. The largest absolute Gasteiger partial charge is 0.309 e. The molecular formula is C9H23N3. The monoisotopic (exact) mass is 173 g/mol. The Labute approximate surface area is 76.3 Å². The van der Waals surface area contributed by atoms with Gasteiger partial charge in [-0.3, -0.25) is 11.3 Å². The molecule has 1 atom stereocenters. The molecule has 0 aliphatic rings. The third-order valence-corrected chi connectivity index (χ3v) is 2.11. The molecule has 0 aromatic heterocycles. The van der Waals surface area contributed by atoms with Crippen molar-refractivity contribution in [3.63, 3.8) is 0 Å². The number of hydrogen-bond donors (Lipinski definition) is 2. The standard InChI is InChI=1S/C9H23N3/c1-9(2,3)8(11-10)6-7-12(4)5/h8,11H,6-7,10H2,1-5H3. The molecular weight excluding hydrogens is 150 g/mol. The van der Waals surface area contributed by atoms with Crippen LogP contribution in [0.25, 0.3) is 0 Å². The lowest BCUT2D eigenvalue weighted by molar-refractivity contribution is 0.234. The smallest absolute Gasteiger partial charge is 0.0271 e. The molecule has 0 amide bonds. The molecule has 0 aromatic carbocycles. The van der Waals surface area contributed by atoms with E-state index in [1.165, 1.54) is 0 Å². The summed E-state index contributed by atoms with van der Waals surface area (Å²) in [7, 11) is 4.16. The molecule has 0 spiro atoms. The molecule has 3 N–H and O–H groups in total. The Morgan fingerprint density at radius 2 is 1.83 bits per heavy atom. The van der Waals surface area contributed by atoms with Gasteiger partial charge in [0.2, 0.25) is 0 Å². The summed E-state index contributed by atoms with van der Waals surface area (Å²) in [4.78, 5) is 2.18. The average Bonchev–Trinajstić information content (AvgIpc) is 1.85. The molecule has 12 heavy (non-hydrogen) atoms. The van der Waals surface area contributed by atoms with Crippen LogP contribution in [0.2, 0.25) is 0 Å². The van der Waals surface area contributed by atoms with Crippen LogP contribution >= 0.6 is 0 Å². The van der Waals surface area contributed by atoms with Crippen molar-refractivity contribution >= 4 is 0 Å². The van der Waals surface area contributed by atoms with Crippen LogP contribution in [0.15, 0.2) is 0 Å². The number of nitrogens with two attached hydrogens (primary N) is 1. The molecule has 0 rings (SSSR count). The van der Waals surface area contributed by atoms with Crippen molar-refractivity contribution in [2.24, 2.45) is 11.3 Å². The summed E-state index contributed by atoms with van der Waals surface area (Å²) in [6.07, 6.45) is 1.09. The molecule has 0 saturated carbocycles. The van der Waals surface area contributed by atoms with Crippen molar-refractivity contribution in [2.45, 2.75) is 33.2 Å². The lowest BCUT2D eigenvalue weighted by atomic mass is 9.85. The molecule has 0 bridgehead atoms. The van der Waals surface area contributed by atoms with E-state index in [1.807, 2.05) is 0 Å². The molecule has 74 valence electrons. The van der Waals surface area contributed by atoms with E-state index in [0.29, 0.717) is 6.04 Å². The molecule has 0 radical (unpaired) electrons. The second-order valence-electron chi connectivity index (χ2n) is 4.68. The van der Waals surface area contributed by atoms with Crippen LogP contribution in [0.5, 0.6) is 0 Å². The van der Waals surface area contributed by atoms with Crippen molar-refractivity contribution in [3.05, 3.63) is 0 Å². The van der Waals surface area contributed by atoms with Gasteiger partial charge in [-0.1, -0.05) is 20.8 Å². The Balaban J connectivity index is 3.84. The van der Waals surface area contributed by atoms with Gasteiger partial charge < -0.3 is 4.90 Å². The topological polar surface area (TPSA) is 41.3 Å². The summed E-state index contributed by atoms with van der Waals surface area (Å²) in [5.74, 6) is 5.48. The third-order valence-electron chi connectivity index (χ3n) is 2.11. The Morgan fingerprint density at radius 3 is 2.08 bits per heavy atom. The molecule has 0 aliphatic heterocycles. The van der Waals surface area contributed by atoms with Gasteiger partial charge in [-0.05, 0) is 32.5 Å². The van der Waals surface area contributed by atoms with Crippen LogP contribution in [-0.2, 0) is 0 Å². The Kier molecular flexibility index (Phi) is 4.75. The van der Waals surface area contributed by atoms with E-state index < -0.39 is 0 Å². The highest BCUT2D eigenvalue weighted by molar-refractivity contribution is 4.78. The van der Waals surface area contributed by atoms with Crippen LogP contribution < -0.4 is 11.3 Å². The van der Waals surface area contributed by atoms with Gasteiger partial charge in [-0.25, -0.2) is 0 Å². The lowest BCUT2D eigenvalue weighted by Gasteiger charge is -2.30. The molecule has 0 fully saturated rings. The van der Waals surface area contributed by atoms with E-state index in [-0.39, 0.29) is 5.41 Å². The Hall–Kier alpha value is -0.120. The van der Waals surface area contributed by atoms with E-state index >= 15 is 0 Å². The highest BCUT2D eigenvalue weighted by Gasteiger charge is 2.22. The molecule has 0 aromatic rings. The fraction of sp³-hybridized carbons (Fsp3) is 1.00. The minimum absolute atomic E-state index is 0.241. The summed E-state index contributed by atoms with van der Waals surface area (Å²) in [6, 6.07) is 0.389. The molecule has 0 heterocycles. The second-order valence-corrected chi connectivity index (χ2v) is 4.68. The number of nitrogens with zero attached hydrogens (tertiary/aromatic N) is 1. The van der Waals surface area contributed by atoms with Gasteiger partial charge in [-0.15, -0.1) is 0 Å². The van der Waals surface area contributed by atoms with E-state index in [2.05, 4.69) is 45.2 Å². The minimum Gasteiger partial charge on any atom is -0.309 e. The molecule has 3 heteroatoms. The maximum absolute atomic E-state index is 5.48. The van der Waals surface area contributed by atoms with E-state index in [4.69, 9.17) is 5.84 Å². The van der Waals surface area contributed by atoms with Crippen LogP contribution in [0, 0.1) is 5.41 Å². The molecule has 0 aliphatic carbocycles. The van der Waals surface area contributed by atoms with Crippen LogP contribution in [0.1, 0.15) is 27.2 Å². The molecule has 1 unspecified atom stereocenters. The summed E-state index contributed by atoms with van der Waals surface area (Å²) >= 11 is 0. The molecule has 3 nitrogen and oxygen atoms in total. The first-order valence-electron chi connectivity index (χ1n) is 4.48. The number of hydrazine groups is 1. The van der Waals surface area contributed by atoms with Gasteiger partial charge in [-0.2, -0.15) is 0 Å². The SMILES string of the molecule is CN(C)CCC(NN)C(C)(C)C. The number of nitrogens with one attached hydrogen (secondary N) is 1. The Bertz CT molecular complexity index is 115. The van der Waals surface area contributed by atoms with Gasteiger partial charge in [0.25, 0.3) is 0 Å². The maximum atomic E-state index is 5.48. The van der Waals surface area contributed by atoms with Crippen molar-refractivity contribution in [3.8, 4) is 0 Å². The van der Waals surface area contributed by atoms with Crippen molar-refractivity contribution in [1.29, 1.82) is 0 Å². The van der Waals surface area contributed by atoms with Crippen molar-refractivity contribution in [1.82, 2.24) is 10.3 Å². The Morgan fingerprint density at radius 1 is 1.33 bits per heavy atom. The second kappa shape index (κ2) is 4.80. The van der Waals surface area contributed by atoms with E-state index in [9.17, 15) is 0 Å². The first kappa shape index (κ1) is 11.9. The van der Waals surface area contributed by atoms with Crippen LogP contribution in [-0.4, -0.2) is 31.6 Å². The quantitative estimate of drug-likeness (QED) is 0.488. The van der Waals surface area contributed by atoms with Gasteiger partial charge >= 0.3 is 0 Å². The van der Waals surface area contributed by atoms with E-state index in [1.54, 1.807) is 0 Å².